The Bertz CT molecular complexity index is 283. The van der Waals surface area contributed by atoms with E-state index in [9.17, 15) is 4.79 Å². The summed E-state index contributed by atoms with van der Waals surface area (Å²) in [7, 11) is 0. The SMILES string of the molecule is CC(C)(C)OC(=O)N1CCOCC(=NO)C1. The molecule has 1 aliphatic rings. The molecule has 1 saturated heterocycles. The predicted molar refractivity (Wildman–Crippen MR) is 57.8 cm³/mol. The molecule has 0 unspecified atom stereocenters. The fourth-order valence-corrected chi connectivity index (χ4v) is 1.25. The fraction of sp³-hybridized carbons (Fsp3) is 0.800. The van der Waals surface area contributed by atoms with Gasteiger partial charge in [-0.2, -0.15) is 0 Å². The molecule has 0 aromatic heterocycles. The zero-order chi connectivity index (χ0) is 12.2. The molecule has 16 heavy (non-hydrogen) atoms. The zero-order valence-corrected chi connectivity index (χ0v) is 9.89. The van der Waals surface area contributed by atoms with E-state index in [0.29, 0.717) is 18.9 Å². The molecule has 1 aliphatic heterocycles. The molecule has 6 nitrogen and oxygen atoms in total. The highest BCUT2D eigenvalue weighted by molar-refractivity contribution is 5.89. The summed E-state index contributed by atoms with van der Waals surface area (Å²) < 4.78 is 10.4. The van der Waals surface area contributed by atoms with Crippen LogP contribution in [0.15, 0.2) is 5.16 Å². The van der Waals surface area contributed by atoms with Gasteiger partial charge in [0.2, 0.25) is 0 Å². The van der Waals surface area contributed by atoms with Crippen molar-refractivity contribution in [3.63, 3.8) is 0 Å². The average Bonchev–Trinajstić information content (AvgIpc) is 2.39. The van der Waals surface area contributed by atoms with Gasteiger partial charge in [0.15, 0.2) is 0 Å². The Morgan fingerprint density at radius 2 is 2.25 bits per heavy atom. The van der Waals surface area contributed by atoms with Crippen molar-refractivity contribution >= 4 is 11.8 Å². The number of carbonyl (C=O) groups is 1. The highest BCUT2D eigenvalue weighted by Gasteiger charge is 2.24. The second-order valence-electron chi connectivity index (χ2n) is 4.62. The van der Waals surface area contributed by atoms with Crippen molar-refractivity contribution in [2.75, 3.05) is 26.3 Å². The summed E-state index contributed by atoms with van der Waals surface area (Å²) in [4.78, 5) is 13.2. The van der Waals surface area contributed by atoms with Crippen LogP contribution in [0.5, 0.6) is 0 Å². The minimum Gasteiger partial charge on any atom is -0.444 e. The third kappa shape index (κ3) is 4.06. The minimum absolute atomic E-state index is 0.241. The van der Waals surface area contributed by atoms with Crippen LogP contribution in [-0.2, 0) is 9.47 Å². The Hall–Kier alpha value is -1.30. The molecule has 0 aromatic rings. The first-order chi connectivity index (χ1) is 7.42. The van der Waals surface area contributed by atoms with Crippen LogP contribution in [0, 0.1) is 0 Å². The van der Waals surface area contributed by atoms with Gasteiger partial charge in [0.1, 0.15) is 11.3 Å². The molecule has 1 N–H and O–H groups in total. The molecule has 0 bridgehead atoms. The summed E-state index contributed by atoms with van der Waals surface area (Å²) in [5.41, 5.74) is -0.107. The molecule has 0 aromatic carbocycles. The summed E-state index contributed by atoms with van der Waals surface area (Å²) >= 11 is 0. The van der Waals surface area contributed by atoms with Gasteiger partial charge in [-0.05, 0) is 20.8 Å². The largest absolute Gasteiger partial charge is 0.444 e. The van der Waals surface area contributed by atoms with Gasteiger partial charge < -0.3 is 19.6 Å². The summed E-state index contributed by atoms with van der Waals surface area (Å²) in [6.07, 6.45) is -0.417. The molecule has 1 amide bonds. The van der Waals surface area contributed by atoms with Crippen LogP contribution in [0.4, 0.5) is 4.79 Å². The molecule has 1 heterocycles. The lowest BCUT2D eigenvalue weighted by molar-refractivity contribution is 0.0252. The van der Waals surface area contributed by atoms with Crippen molar-refractivity contribution in [2.24, 2.45) is 5.16 Å². The van der Waals surface area contributed by atoms with E-state index in [1.165, 1.54) is 4.90 Å². The summed E-state index contributed by atoms with van der Waals surface area (Å²) in [5, 5.41) is 11.8. The number of hydrogen-bond donors (Lipinski definition) is 1. The summed E-state index contributed by atoms with van der Waals surface area (Å²) in [6.45, 7) is 6.76. The smallest absolute Gasteiger partial charge is 0.410 e. The van der Waals surface area contributed by atoms with Gasteiger partial charge in [0.25, 0.3) is 0 Å². The molecule has 0 spiro atoms. The molecule has 0 radical (unpaired) electrons. The van der Waals surface area contributed by atoms with E-state index >= 15 is 0 Å². The van der Waals surface area contributed by atoms with Crippen LogP contribution in [-0.4, -0.2) is 53.8 Å². The lowest BCUT2D eigenvalue weighted by Gasteiger charge is -2.25. The van der Waals surface area contributed by atoms with E-state index in [0.717, 1.165) is 0 Å². The highest BCUT2D eigenvalue weighted by atomic mass is 16.6. The standard InChI is InChI=1S/C10H18N2O4/c1-10(2,3)16-9(13)12-4-5-15-7-8(6-12)11-14/h14H,4-7H2,1-3H3. The van der Waals surface area contributed by atoms with Gasteiger partial charge in [-0.1, -0.05) is 5.16 Å². The number of hydrogen-bond acceptors (Lipinski definition) is 5. The number of carbonyl (C=O) groups excluding carboxylic acids is 1. The average molecular weight is 230 g/mol. The van der Waals surface area contributed by atoms with E-state index in [1.807, 2.05) is 0 Å². The molecule has 1 fully saturated rings. The second-order valence-corrected chi connectivity index (χ2v) is 4.62. The van der Waals surface area contributed by atoms with E-state index < -0.39 is 11.7 Å². The molecular formula is C10H18N2O4. The number of nitrogens with zero attached hydrogens (tertiary/aromatic N) is 2. The molecule has 6 heteroatoms. The number of rotatable bonds is 0. The zero-order valence-electron chi connectivity index (χ0n) is 9.89. The van der Waals surface area contributed by atoms with Gasteiger partial charge >= 0.3 is 6.09 Å². The van der Waals surface area contributed by atoms with Crippen molar-refractivity contribution in [1.82, 2.24) is 4.90 Å². The van der Waals surface area contributed by atoms with Crippen molar-refractivity contribution in [3.8, 4) is 0 Å². The van der Waals surface area contributed by atoms with Crippen molar-refractivity contribution in [3.05, 3.63) is 0 Å². The van der Waals surface area contributed by atoms with E-state index in [1.54, 1.807) is 20.8 Å². The first-order valence-electron chi connectivity index (χ1n) is 5.18. The second kappa shape index (κ2) is 5.16. The Kier molecular flexibility index (Phi) is 4.12. The van der Waals surface area contributed by atoms with Gasteiger partial charge in [-0.3, -0.25) is 0 Å². The first-order valence-corrected chi connectivity index (χ1v) is 5.18. The van der Waals surface area contributed by atoms with Crippen LogP contribution in [0.25, 0.3) is 0 Å². The van der Waals surface area contributed by atoms with Gasteiger partial charge in [-0.25, -0.2) is 4.79 Å². The lowest BCUT2D eigenvalue weighted by Crippen LogP contribution is -2.40. The minimum atomic E-state index is -0.527. The van der Waals surface area contributed by atoms with Crippen LogP contribution < -0.4 is 0 Å². The van der Waals surface area contributed by atoms with E-state index in [-0.39, 0.29) is 13.2 Å². The topological polar surface area (TPSA) is 71.4 Å². The van der Waals surface area contributed by atoms with Crippen LogP contribution in [0.2, 0.25) is 0 Å². The molecule has 1 rings (SSSR count). The fourth-order valence-electron chi connectivity index (χ4n) is 1.25. The number of oxime groups is 1. The van der Waals surface area contributed by atoms with E-state index in [2.05, 4.69) is 5.16 Å². The van der Waals surface area contributed by atoms with Gasteiger partial charge in [0.05, 0.1) is 19.8 Å². The lowest BCUT2D eigenvalue weighted by atomic mass is 10.2. The van der Waals surface area contributed by atoms with Gasteiger partial charge in [0, 0.05) is 6.54 Å². The molecular weight excluding hydrogens is 212 g/mol. The first kappa shape index (κ1) is 12.8. The van der Waals surface area contributed by atoms with E-state index in [4.69, 9.17) is 14.7 Å². The van der Waals surface area contributed by atoms with Crippen molar-refractivity contribution < 1.29 is 19.5 Å². The third-order valence-electron chi connectivity index (χ3n) is 1.94. The maximum Gasteiger partial charge on any atom is 0.410 e. The number of amides is 1. The molecule has 92 valence electrons. The quantitative estimate of drug-likeness (QED) is 0.499. The number of ether oxygens (including phenoxy) is 2. The highest BCUT2D eigenvalue weighted by Crippen LogP contribution is 2.10. The molecule has 0 atom stereocenters. The maximum absolute atomic E-state index is 11.7. The summed E-state index contributed by atoms with van der Waals surface area (Å²) in [5.74, 6) is 0. The van der Waals surface area contributed by atoms with Crippen LogP contribution >= 0.6 is 0 Å². The Labute approximate surface area is 94.8 Å². The molecule has 0 saturated carbocycles. The summed E-state index contributed by atoms with van der Waals surface area (Å²) in [6, 6.07) is 0. The normalized spacial score (nSPS) is 20.7. The monoisotopic (exact) mass is 230 g/mol. The third-order valence-corrected chi connectivity index (χ3v) is 1.94. The van der Waals surface area contributed by atoms with Crippen LogP contribution in [0.1, 0.15) is 20.8 Å². The Morgan fingerprint density at radius 1 is 1.56 bits per heavy atom. The van der Waals surface area contributed by atoms with Crippen molar-refractivity contribution in [1.29, 1.82) is 0 Å². The Morgan fingerprint density at radius 3 is 2.81 bits per heavy atom. The van der Waals surface area contributed by atoms with Crippen molar-refractivity contribution in [2.45, 2.75) is 26.4 Å². The van der Waals surface area contributed by atoms with Crippen LogP contribution in [0.3, 0.4) is 0 Å². The Balaban J connectivity index is 2.60. The molecule has 0 aliphatic carbocycles. The van der Waals surface area contributed by atoms with Gasteiger partial charge in [-0.15, -0.1) is 0 Å². The predicted octanol–water partition coefficient (Wildman–Crippen LogP) is 1.08. The maximum atomic E-state index is 11.7.